The number of carbonyl (C=O) groups is 1. The van der Waals surface area contributed by atoms with Crippen molar-refractivity contribution in [2.75, 3.05) is 39.4 Å². The van der Waals surface area contributed by atoms with Gasteiger partial charge in [0.05, 0.1) is 42.4 Å². The number of aromatic nitrogens is 5. The van der Waals surface area contributed by atoms with E-state index in [9.17, 15) is 4.79 Å². The van der Waals surface area contributed by atoms with Crippen molar-refractivity contribution in [2.24, 2.45) is 0 Å². The second-order valence-corrected chi connectivity index (χ2v) is 11.6. The Morgan fingerprint density at radius 1 is 1.05 bits per heavy atom. The molecule has 1 aliphatic heterocycles. The second-order valence-electron chi connectivity index (χ2n) is 11.6. The zero-order valence-electron chi connectivity index (χ0n) is 25.2. The van der Waals surface area contributed by atoms with E-state index in [1.807, 2.05) is 37.5 Å². The summed E-state index contributed by atoms with van der Waals surface area (Å²) in [4.78, 5) is 25.2. The number of nitrogens with zero attached hydrogens (tertiary/aromatic N) is 6. The normalized spacial score (nSPS) is 21.8. The lowest BCUT2D eigenvalue weighted by Crippen LogP contribution is -2.51. The Balaban J connectivity index is 1.36. The number of nitrogens with one attached hydrogen (secondary N) is 1. The minimum absolute atomic E-state index is 0.0222. The second kappa shape index (κ2) is 12.0. The molecule has 1 aliphatic carbocycles. The van der Waals surface area contributed by atoms with Crippen LogP contribution in [0.15, 0.2) is 67.1 Å². The van der Waals surface area contributed by atoms with Gasteiger partial charge in [-0.05, 0) is 43.0 Å². The minimum atomic E-state index is -0.222. The number of anilines is 1. The number of pyridine rings is 1. The number of benzene rings is 1. The smallest absolute Gasteiger partial charge is 0.271 e. The summed E-state index contributed by atoms with van der Waals surface area (Å²) in [6.07, 6.45) is 8.09. The molecule has 7 rings (SSSR count). The number of fused-ring (bicyclic) bond motifs is 2. The van der Waals surface area contributed by atoms with Gasteiger partial charge in [-0.1, -0.05) is 30.3 Å². The lowest BCUT2D eigenvalue weighted by molar-refractivity contribution is -0.0592. The van der Waals surface area contributed by atoms with Gasteiger partial charge in [-0.15, -0.1) is 0 Å². The van der Waals surface area contributed by atoms with Gasteiger partial charge in [-0.2, -0.15) is 5.10 Å². The maximum absolute atomic E-state index is 13.6. The predicted molar refractivity (Wildman–Crippen MR) is 167 cm³/mol. The lowest BCUT2D eigenvalue weighted by atomic mass is 9.89. The number of methoxy groups -OCH3 is 2. The van der Waals surface area contributed by atoms with Crippen molar-refractivity contribution in [1.29, 1.82) is 0 Å². The molecule has 5 heterocycles. The fourth-order valence-corrected chi connectivity index (χ4v) is 6.40. The van der Waals surface area contributed by atoms with E-state index in [2.05, 4.69) is 45.2 Å². The molecule has 0 unspecified atom stereocenters. The van der Waals surface area contributed by atoms with Gasteiger partial charge in [-0.3, -0.25) is 4.79 Å². The van der Waals surface area contributed by atoms with Crippen molar-refractivity contribution in [3.05, 3.63) is 78.4 Å². The van der Waals surface area contributed by atoms with Gasteiger partial charge >= 0.3 is 0 Å². The average molecular weight is 596 g/mol. The number of hydrogen-bond acceptors (Lipinski definition) is 8. The summed E-state index contributed by atoms with van der Waals surface area (Å²) in [7, 11) is 5.44. The zero-order valence-corrected chi connectivity index (χ0v) is 25.2. The van der Waals surface area contributed by atoms with Crippen molar-refractivity contribution < 1.29 is 19.0 Å². The number of imidazole rings is 1. The van der Waals surface area contributed by atoms with E-state index in [1.165, 1.54) is 0 Å². The molecule has 44 heavy (non-hydrogen) atoms. The third kappa shape index (κ3) is 5.10. The Hall–Kier alpha value is -4.32. The quantitative estimate of drug-likeness (QED) is 0.269. The summed E-state index contributed by atoms with van der Waals surface area (Å²) in [5.74, 6) is -0.222. The highest BCUT2D eigenvalue weighted by Gasteiger charge is 2.34. The van der Waals surface area contributed by atoms with E-state index >= 15 is 0 Å². The topological polar surface area (TPSA) is 108 Å². The Kier molecular flexibility index (Phi) is 7.75. The molecule has 4 aromatic heterocycles. The average Bonchev–Trinajstić information content (AvgIpc) is 3.65. The third-order valence-electron chi connectivity index (χ3n) is 8.98. The van der Waals surface area contributed by atoms with Crippen LogP contribution < -0.4 is 10.2 Å². The third-order valence-corrected chi connectivity index (χ3v) is 8.98. The van der Waals surface area contributed by atoms with Crippen LogP contribution in [0.2, 0.25) is 0 Å². The van der Waals surface area contributed by atoms with E-state index in [-0.39, 0.29) is 30.2 Å². The van der Waals surface area contributed by atoms with E-state index < -0.39 is 0 Å². The van der Waals surface area contributed by atoms with E-state index in [1.54, 1.807) is 24.9 Å². The van der Waals surface area contributed by atoms with Crippen molar-refractivity contribution in [3.63, 3.8) is 0 Å². The molecule has 228 valence electrons. The Bertz CT molecular complexity index is 1780. The summed E-state index contributed by atoms with van der Waals surface area (Å²) in [5, 5.41) is 9.16. The molecule has 1 saturated heterocycles. The lowest BCUT2D eigenvalue weighted by Gasteiger charge is -2.35. The standard InChI is InChI=1S/C33H37N7O4/c1-38(18-21-8-5-4-6-9-21)27-16-25(37-40-28(17-35-32(27)40)33(41)36-24-11-12-29(24)42-2)23-19-39(31-22(23)10-7-14-34-31)26-13-15-44-20-30(26)43-3/h4-10,14,16-17,19,24,26,29-30H,11-13,15,18,20H2,1-3H3,(H,36,41)/t24-,26-,29-,30-/m0/s1. The van der Waals surface area contributed by atoms with Crippen LogP contribution in [-0.4, -0.2) is 82.8 Å². The molecule has 1 saturated carbocycles. The van der Waals surface area contributed by atoms with Gasteiger partial charge < -0.3 is 29.0 Å². The highest BCUT2D eigenvalue weighted by atomic mass is 16.5. The first-order chi connectivity index (χ1) is 21.6. The molecule has 11 nitrogen and oxygen atoms in total. The number of rotatable bonds is 9. The molecule has 0 radical (unpaired) electrons. The highest BCUT2D eigenvalue weighted by molar-refractivity contribution is 5.96. The molecule has 0 bridgehead atoms. The molecule has 0 spiro atoms. The largest absolute Gasteiger partial charge is 0.379 e. The Morgan fingerprint density at radius 2 is 1.89 bits per heavy atom. The van der Waals surface area contributed by atoms with Crippen LogP contribution in [-0.2, 0) is 20.8 Å². The SMILES string of the molecule is CO[C@H]1CC[C@@H]1NC(=O)c1cnc2c(N(C)Cc3ccccc3)cc(-c3cn([C@H]4CCOC[C@@H]4OC)c4ncccc34)nn12. The van der Waals surface area contributed by atoms with Gasteiger partial charge in [0.15, 0.2) is 11.3 Å². The first-order valence-electron chi connectivity index (χ1n) is 15.1. The van der Waals surface area contributed by atoms with E-state index in [0.717, 1.165) is 52.8 Å². The summed E-state index contributed by atoms with van der Waals surface area (Å²) in [6.45, 7) is 1.84. The zero-order chi connectivity index (χ0) is 30.2. The number of ether oxygens (including phenoxy) is 3. The van der Waals surface area contributed by atoms with Crippen molar-refractivity contribution in [3.8, 4) is 11.3 Å². The first kappa shape index (κ1) is 28.5. The maximum atomic E-state index is 13.6. The fourth-order valence-electron chi connectivity index (χ4n) is 6.40. The molecule has 2 aliphatic rings. The van der Waals surface area contributed by atoms with Gasteiger partial charge in [0.2, 0.25) is 0 Å². The fraction of sp³-hybridized carbons (Fsp3) is 0.394. The van der Waals surface area contributed by atoms with Crippen molar-refractivity contribution in [2.45, 2.75) is 50.1 Å². The van der Waals surface area contributed by atoms with Crippen LogP contribution in [0, 0.1) is 0 Å². The van der Waals surface area contributed by atoms with Crippen LogP contribution in [0.1, 0.15) is 41.4 Å². The highest BCUT2D eigenvalue weighted by Crippen LogP contribution is 2.36. The Morgan fingerprint density at radius 3 is 2.66 bits per heavy atom. The molecule has 11 heteroatoms. The van der Waals surface area contributed by atoms with Crippen LogP contribution in [0.25, 0.3) is 27.9 Å². The Labute approximate surface area is 255 Å². The molecule has 1 N–H and O–H groups in total. The molecule has 1 amide bonds. The molecular formula is C33H37N7O4. The summed E-state index contributed by atoms with van der Waals surface area (Å²) < 4.78 is 20.9. The van der Waals surface area contributed by atoms with Crippen molar-refractivity contribution >= 4 is 28.3 Å². The minimum Gasteiger partial charge on any atom is -0.379 e. The van der Waals surface area contributed by atoms with Gasteiger partial charge in [-0.25, -0.2) is 14.5 Å². The molecule has 5 aromatic rings. The number of hydrogen-bond donors (Lipinski definition) is 1. The van der Waals surface area contributed by atoms with E-state index in [0.29, 0.717) is 31.1 Å². The predicted octanol–water partition coefficient (Wildman–Crippen LogP) is 4.27. The molecular weight excluding hydrogens is 558 g/mol. The molecule has 2 fully saturated rings. The van der Waals surface area contributed by atoms with Crippen LogP contribution in [0.4, 0.5) is 5.69 Å². The van der Waals surface area contributed by atoms with E-state index in [4.69, 9.17) is 29.3 Å². The maximum Gasteiger partial charge on any atom is 0.271 e. The summed E-state index contributed by atoms with van der Waals surface area (Å²) in [5.41, 5.74) is 5.51. The monoisotopic (exact) mass is 595 g/mol. The van der Waals surface area contributed by atoms with Gasteiger partial charge in [0, 0.05) is 57.8 Å². The van der Waals surface area contributed by atoms with Crippen LogP contribution in [0.5, 0.6) is 0 Å². The number of amides is 1. The first-order valence-corrected chi connectivity index (χ1v) is 15.1. The van der Waals surface area contributed by atoms with Crippen LogP contribution in [0.3, 0.4) is 0 Å². The molecule has 4 atom stereocenters. The van der Waals surface area contributed by atoms with Gasteiger partial charge in [0.25, 0.3) is 5.91 Å². The molecule has 1 aromatic carbocycles. The van der Waals surface area contributed by atoms with Gasteiger partial charge in [0.1, 0.15) is 11.8 Å². The van der Waals surface area contributed by atoms with Crippen molar-refractivity contribution in [1.82, 2.24) is 29.5 Å². The van der Waals surface area contributed by atoms with Crippen LogP contribution >= 0.6 is 0 Å². The summed E-state index contributed by atoms with van der Waals surface area (Å²) in [6, 6.07) is 16.4. The number of carbonyl (C=O) groups excluding carboxylic acids is 1. The summed E-state index contributed by atoms with van der Waals surface area (Å²) >= 11 is 0.